The zero-order valence-electron chi connectivity index (χ0n) is 10.9. The number of nitrogens with one attached hydrogen (secondary N) is 1. The Bertz CT molecular complexity index is 411. The fourth-order valence-corrected chi connectivity index (χ4v) is 2.79. The van der Waals surface area contributed by atoms with Gasteiger partial charge in [0.25, 0.3) is 0 Å². The number of likely N-dealkylation sites (tertiary alicyclic amines) is 1. The molecule has 2 nitrogen and oxygen atoms in total. The highest BCUT2D eigenvalue weighted by Gasteiger charge is 2.22. The molecule has 0 spiro atoms. The topological polar surface area (TPSA) is 15.3 Å². The van der Waals surface area contributed by atoms with E-state index in [0.717, 1.165) is 36.0 Å². The lowest BCUT2D eigenvalue weighted by atomic mass is 9.99. The standard InChI is InChI=1S/C14H20BrFN2/c1-10-7-13(5-6-18(10)2)17-9-11-8-12(16)3-4-14(11)15/h3-4,8,10,13,17H,5-7,9H2,1-2H3. The van der Waals surface area contributed by atoms with Gasteiger partial charge in [0.1, 0.15) is 5.82 Å². The molecule has 1 aromatic rings. The summed E-state index contributed by atoms with van der Waals surface area (Å²) in [6.45, 7) is 4.11. The van der Waals surface area contributed by atoms with Crippen molar-refractivity contribution in [3.63, 3.8) is 0 Å². The van der Waals surface area contributed by atoms with Crippen LogP contribution in [0.1, 0.15) is 25.3 Å². The SMILES string of the molecule is CC1CC(NCc2cc(F)ccc2Br)CCN1C. The van der Waals surface area contributed by atoms with Gasteiger partial charge in [-0.05, 0) is 57.1 Å². The normalized spacial score (nSPS) is 25.3. The Morgan fingerprint density at radius 3 is 3.00 bits per heavy atom. The second-order valence-electron chi connectivity index (χ2n) is 5.17. The van der Waals surface area contributed by atoms with Crippen LogP contribution in [0.4, 0.5) is 4.39 Å². The lowest BCUT2D eigenvalue weighted by Crippen LogP contribution is -2.45. The Hall–Kier alpha value is -0.450. The van der Waals surface area contributed by atoms with Gasteiger partial charge in [-0.15, -0.1) is 0 Å². The summed E-state index contributed by atoms with van der Waals surface area (Å²) in [6, 6.07) is 5.99. The highest BCUT2D eigenvalue weighted by atomic mass is 79.9. The maximum atomic E-state index is 13.2. The molecule has 2 atom stereocenters. The first kappa shape index (κ1) is 14.0. The van der Waals surface area contributed by atoms with Gasteiger partial charge in [-0.1, -0.05) is 15.9 Å². The zero-order chi connectivity index (χ0) is 13.1. The molecule has 18 heavy (non-hydrogen) atoms. The summed E-state index contributed by atoms with van der Waals surface area (Å²) in [5, 5.41) is 3.53. The number of halogens is 2. The third-order valence-electron chi connectivity index (χ3n) is 3.80. The molecule has 1 fully saturated rings. The second-order valence-corrected chi connectivity index (χ2v) is 6.02. The molecule has 0 aromatic heterocycles. The fourth-order valence-electron chi connectivity index (χ4n) is 2.41. The second kappa shape index (κ2) is 6.13. The van der Waals surface area contributed by atoms with Crippen LogP contribution in [-0.4, -0.2) is 30.6 Å². The minimum absolute atomic E-state index is 0.174. The summed E-state index contributed by atoms with van der Waals surface area (Å²) < 4.78 is 14.1. The quantitative estimate of drug-likeness (QED) is 0.922. The van der Waals surface area contributed by atoms with Crippen LogP contribution < -0.4 is 5.32 Å². The maximum absolute atomic E-state index is 13.2. The summed E-state index contributed by atoms with van der Waals surface area (Å²) in [4.78, 5) is 2.39. The highest BCUT2D eigenvalue weighted by Crippen LogP contribution is 2.20. The Morgan fingerprint density at radius 1 is 1.50 bits per heavy atom. The van der Waals surface area contributed by atoms with Crippen molar-refractivity contribution in [2.75, 3.05) is 13.6 Å². The maximum Gasteiger partial charge on any atom is 0.123 e. The minimum atomic E-state index is -0.174. The van der Waals surface area contributed by atoms with Crippen molar-refractivity contribution < 1.29 is 4.39 Å². The Balaban J connectivity index is 1.90. The van der Waals surface area contributed by atoms with Crippen molar-refractivity contribution in [2.24, 2.45) is 0 Å². The minimum Gasteiger partial charge on any atom is -0.310 e. The van der Waals surface area contributed by atoms with Gasteiger partial charge in [-0.25, -0.2) is 4.39 Å². The number of hydrogen-bond acceptors (Lipinski definition) is 2. The number of nitrogens with zero attached hydrogens (tertiary/aromatic N) is 1. The third kappa shape index (κ3) is 3.53. The molecule has 100 valence electrons. The molecule has 2 unspecified atom stereocenters. The van der Waals surface area contributed by atoms with E-state index in [0.29, 0.717) is 12.1 Å². The molecule has 1 aliphatic rings. The predicted molar refractivity (Wildman–Crippen MR) is 76.1 cm³/mol. The summed E-state index contributed by atoms with van der Waals surface area (Å²) in [5.41, 5.74) is 0.988. The van der Waals surface area contributed by atoms with E-state index >= 15 is 0 Å². The van der Waals surface area contributed by atoms with E-state index in [1.54, 1.807) is 12.1 Å². The molecule has 1 heterocycles. The number of benzene rings is 1. The van der Waals surface area contributed by atoms with Gasteiger partial charge < -0.3 is 10.2 Å². The van der Waals surface area contributed by atoms with E-state index in [-0.39, 0.29) is 5.82 Å². The van der Waals surface area contributed by atoms with E-state index in [9.17, 15) is 4.39 Å². The van der Waals surface area contributed by atoms with E-state index < -0.39 is 0 Å². The van der Waals surface area contributed by atoms with Crippen LogP contribution in [0.2, 0.25) is 0 Å². The molecule has 0 saturated carbocycles. The fraction of sp³-hybridized carbons (Fsp3) is 0.571. The molecule has 0 bridgehead atoms. The van der Waals surface area contributed by atoms with Crippen molar-refractivity contribution in [1.82, 2.24) is 10.2 Å². The highest BCUT2D eigenvalue weighted by molar-refractivity contribution is 9.10. The van der Waals surface area contributed by atoms with Crippen LogP contribution in [0.5, 0.6) is 0 Å². The van der Waals surface area contributed by atoms with Crippen LogP contribution in [-0.2, 0) is 6.54 Å². The van der Waals surface area contributed by atoms with Crippen molar-refractivity contribution in [1.29, 1.82) is 0 Å². The Morgan fingerprint density at radius 2 is 2.28 bits per heavy atom. The average Bonchev–Trinajstić information content (AvgIpc) is 2.34. The van der Waals surface area contributed by atoms with Crippen molar-refractivity contribution in [2.45, 2.75) is 38.4 Å². The summed E-state index contributed by atoms with van der Waals surface area (Å²) >= 11 is 3.46. The lowest BCUT2D eigenvalue weighted by Gasteiger charge is -2.35. The van der Waals surface area contributed by atoms with Gasteiger partial charge in [-0.3, -0.25) is 0 Å². The van der Waals surface area contributed by atoms with Gasteiger partial charge in [0.2, 0.25) is 0 Å². The van der Waals surface area contributed by atoms with Crippen molar-refractivity contribution in [3.05, 3.63) is 34.1 Å². The first-order valence-corrected chi connectivity index (χ1v) is 7.23. The molecule has 1 aromatic carbocycles. The van der Waals surface area contributed by atoms with Gasteiger partial charge >= 0.3 is 0 Å². The molecule has 2 rings (SSSR count). The van der Waals surface area contributed by atoms with Gasteiger partial charge in [0.05, 0.1) is 0 Å². The monoisotopic (exact) mass is 314 g/mol. The number of rotatable bonds is 3. The van der Waals surface area contributed by atoms with Crippen LogP contribution in [0.3, 0.4) is 0 Å². The summed E-state index contributed by atoms with van der Waals surface area (Å²) in [7, 11) is 2.17. The molecule has 1 saturated heterocycles. The summed E-state index contributed by atoms with van der Waals surface area (Å²) in [5.74, 6) is -0.174. The smallest absolute Gasteiger partial charge is 0.123 e. The van der Waals surface area contributed by atoms with Crippen LogP contribution in [0.15, 0.2) is 22.7 Å². The first-order valence-electron chi connectivity index (χ1n) is 6.44. The largest absolute Gasteiger partial charge is 0.310 e. The lowest BCUT2D eigenvalue weighted by molar-refractivity contribution is 0.168. The Labute approximate surface area is 117 Å². The van der Waals surface area contributed by atoms with Crippen LogP contribution >= 0.6 is 15.9 Å². The molecular formula is C14H20BrFN2. The predicted octanol–water partition coefficient (Wildman–Crippen LogP) is 3.16. The van der Waals surface area contributed by atoms with E-state index in [1.165, 1.54) is 6.07 Å². The van der Waals surface area contributed by atoms with Crippen molar-refractivity contribution >= 4 is 15.9 Å². The molecule has 0 aliphatic carbocycles. The third-order valence-corrected chi connectivity index (χ3v) is 4.57. The molecule has 1 N–H and O–H groups in total. The van der Waals surface area contributed by atoms with Crippen molar-refractivity contribution in [3.8, 4) is 0 Å². The van der Waals surface area contributed by atoms with Crippen LogP contribution in [0.25, 0.3) is 0 Å². The molecule has 0 amide bonds. The molecular weight excluding hydrogens is 295 g/mol. The van der Waals surface area contributed by atoms with Gasteiger partial charge in [-0.2, -0.15) is 0 Å². The summed E-state index contributed by atoms with van der Waals surface area (Å²) in [6.07, 6.45) is 2.32. The Kier molecular flexibility index (Phi) is 4.76. The molecule has 1 aliphatic heterocycles. The van der Waals surface area contributed by atoms with Crippen LogP contribution in [0, 0.1) is 5.82 Å². The zero-order valence-corrected chi connectivity index (χ0v) is 12.5. The molecule has 0 radical (unpaired) electrons. The van der Waals surface area contributed by atoms with Gasteiger partial charge in [0, 0.05) is 23.1 Å². The molecule has 4 heteroatoms. The number of piperidine rings is 1. The average molecular weight is 315 g/mol. The van der Waals surface area contributed by atoms with E-state index in [2.05, 4.69) is 40.1 Å². The first-order chi connectivity index (χ1) is 8.56. The number of hydrogen-bond donors (Lipinski definition) is 1. The van der Waals surface area contributed by atoms with E-state index in [1.807, 2.05) is 0 Å². The van der Waals surface area contributed by atoms with Gasteiger partial charge in [0.15, 0.2) is 0 Å². The van der Waals surface area contributed by atoms with E-state index in [4.69, 9.17) is 0 Å².